The van der Waals surface area contributed by atoms with Crippen molar-refractivity contribution < 1.29 is 4.39 Å². The van der Waals surface area contributed by atoms with E-state index in [2.05, 4.69) is 19.2 Å². The van der Waals surface area contributed by atoms with Crippen molar-refractivity contribution in [2.45, 2.75) is 52.0 Å². The van der Waals surface area contributed by atoms with Crippen LogP contribution in [0, 0.1) is 17.7 Å². The summed E-state index contributed by atoms with van der Waals surface area (Å²) in [6, 6.07) is 7.67. The Balaban J connectivity index is 1.98. The van der Waals surface area contributed by atoms with Crippen LogP contribution >= 0.6 is 0 Å². The van der Waals surface area contributed by atoms with Crippen LogP contribution in [0.25, 0.3) is 0 Å². The molecule has 0 saturated heterocycles. The normalized spacial score (nSPS) is 27.4. The van der Waals surface area contributed by atoms with Crippen LogP contribution in [0.4, 0.5) is 4.39 Å². The number of hydrogen-bond donors (Lipinski definition) is 1. The van der Waals surface area contributed by atoms with E-state index in [1.165, 1.54) is 31.2 Å². The van der Waals surface area contributed by atoms with Crippen molar-refractivity contribution >= 4 is 0 Å². The van der Waals surface area contributed by atoms with Crippen molar-refractivity contribution in [1.82, 2.24) is 5.32 Å². The minimum atomic E-state index is -0.138. The molecule has 3 unspecified atom stereocenters. The third kappa shape index (κ3) is 4.31. The molecule has 3 atom stereocenters. The van der Waals surface area contributed by atoms with Gasteiger partial charge in [-0.2, -0.15) is 0 Å². The van der Waals surface area contributed by atoms with E-state index in [4.69, 9.17) is 0 Å². The van der Waals surface area contributed by atoms with Gasteiger partial charge in [-0.1, -0.05) is 26.0 Å². The second-order valence-corrected chi connectivity index (χ2v) is 6.07. The first kappa shape index (κ1) is 14.5. The first-order chi connectivity index (χ1) is 9.19. The number of hydrogen-bond acceptors (Lipinski definition) is 1. The van der Waals surface area contributed by atoms with E-state index in [1.807, 2.05) is 12.1 Å². The Kier molecular flexibility index (Phi) is 5.38. The van der Waals surface area contributed by atoms with E-state index >= 15 is 0 Å². The van der Waals surface area contributed by atoms with Crippen LogP contribution < -0.4 is 5.32 Å². The number of rotatable bonds is 5. The molecule has 1 aromatic carbocycles. The average molecular weight is 263 g/mol. The quantitative estimate of drug-likeness (QED) is 0.840. The zero-order valence-electron chi connectivity index (χ0n) is 12.2. The summed E-state index contributed by atoms with van der Waals surface area (Å²) in [7, 11) is 0. The lowest BCUT2D eigenvalue weighted by atomic mass is 9.76. The lowest BCUT2D eigenvalue weighted by Crippen LogP contribution is -2.41. The molecule has 0 amide bonds. The summed E-state index contributed by atoms with van der Waals surface area (Å²) in [5, 5.41) is 3.70. The molecule has 1 aromatic rings. The Bertz CT molecular complexity index is 371. The summed E-state index contributed by atoms with van der Waals surface area (Å²) in [5.74, 6) is 1.38. The van der Waals surface area contributed by atoms with E-state index in [9.17, 15) is 4.39 Å². The van der Waals surface area contributed by atoms with Crippen LogP contribution in [0.1, 0.15) is 45.1 Å². The summed E-state index contributed by atoms with van der Waals surface area (Å²) in [6.45, 7) is 5.68. The van der Waals surface area contributed by atoms with Gasteiger partial charge in [0.15, 0.2) is 0 Å². The first-order valence-corrected chi connectivity index (χ1v) is 7.67. The fourth-order valence-electron chi connectivity index (χ4n) is 3.25. The molecular formula is C17H26FN. The van der Waals surface area contributed by atoms with E-state index in [0.29, 0.717) is 12.0 Å². The Morgan fingerprint density at radius 1 is 1.21 bits per heavy atom. The predicted molar refractivity (Wildman–Crippen MR) is 78.7 cm³/mol. The van der Waals surface area contributed by atoms with Gasteiger partial charge in [-0.15, -0.1) is 0 Å². The van der Waals surface area contributed by atoms with Crippen LogP contribution in [-0.4, -0.2) is 12.6 Å². The average Bonchev–Trinajstić information content (AvgIpc) is 2.40. The Morgan fingerprint density at radius 2 is 1.95 bits per heavy atom. The van der Waals surface area contributed by atoms with E-state index < -0.39 is 0 Å². The third-order valence-electron chi connectivity index (χ3n) is 4.31. The molecule has 0 aliphatic heterocycles. The Morgan fingerprint density at radius 3 is 2.63 bits per heavy atom. The summed E-state index contributed by atoms with van der Waals surface area (Å²) in [5.41, 5.74) is 1.27. The highest BCUT2D eigenvalue weighted by molar-refractivity contribution is 5.17. The molecule has 0 radical (unpaired) electrons. The van der Waals surface area contributed by atoms with Gasteiger partial charge in [-0.05, 0) is 68.2 Å². The lowest BCUT2D eigenvalue weighted by Gasteiger charge is -2.35. The molecule has 0 aromatic heterocycles. The topological polar surface area (TPSA) is 12.0 Å². The van der Waals surface area contributed by atoms with Gasteiger partial charge < -0.3 is 5.32 Å². The lowest BCUT2D eigenvalue weighted by molar-refractivity contribution is 0.212. The molecule has 1 saturated carbocycles. The Labute approximate surface area is 116 Å². The number of nitrogens with one attached hydrogen (secondary N) is 1. The molecule has 2 heteroatoms. The summed E-state index contributed by atoms with van der Waals surface area (Å²) in [6.07, 6.45) is 6.18. The molecular weight excluding hydrogens is 237 g/mol. The minimum absolute atomic E-state index is 0.138. The van der Waals surface area contributed by atoms with E-state index in [1.54, 1.807) is 12.1 Å². The van der Waals surface area contributed by atoms with Crippen molar-refractivity contribution in [2.75, 3.05) is 6.54 Å². The summed E-state index contributed by atoms with van der Waals surface area (Å²) >= 11 is 0. The van der Waals surface area contributed by atoms with Crippen molar-refractivity contribution in [3.63, 3.8) is 0 Å². The van der Waals surface area contributed by atoms with Crippen molar-refractivity contribution in [3.05, 3.63) is 35.6 Å². The Hall–Kier alpha value is -0.890. The second-order valence-electron chi connectivity index (χ2n) is 6.07. The molecule has 0 bridgehead atoms. The molecule has 2 rings (SSSR count). The van der Waals surface area contributed by atoms with Crippen LogP contribution in [-0.2, 0) is 6.42 Å². The van der Waals surface area contributed by atoms with Gasteiger partial charge in [-0.3, -0.25) is 0 Å². The van der Waals surface area contributed by atoms with Crippen LogP contribution in [0.5, 0.6) is 0 Å². The van der Waals surface area contributed by atoms with E-state index in [0.717, 1.165) is 18.9 Å². The first-order valence-electron chi connectivity index (χ1n) is 7.67. The predicted octanol–water partition coefficient (Wildman–Crippen LogP) is 4.17. The molecule has 19 heavy (non-hydrogen) atoms. The largest absolute Gasteiger partial charge is 0.314 e. The van der Waals surface area contributed by atoms with Crippen molar-refractivity contribution in [2.24, 2.45) is 11.8 Å². The monoisotopic (exact) mass is 263 g/mol. The van der Waals surface area contributed by atoms with Crippen LogP contribution in [0.3, 0.4) is 0 Å². The fourth-order valence-corrected chi connectivity index (χ4v) is 3.25. The maximum Gasteiger partial charge on any atom is 0.123 e. The zero-order chi connectivity index (χ0) is 13.7. The van der Waals surface area contributed by atoms with Crippen LogP contribution in [0.2, 0.25) is 0 Å². The van der Waals surface area contributed by atoms with Gasteiger partial charge in [-0.25, -0.2) is 4.39 Å². The summed E-state index contributed by atoms with van der Waals surface area (Å²) < 4.78 is 13.0. The van der Waals surface area contributed by atoms with Crippen molar-refractivity contribution in [1.29, 1.82) is 0 Å². The molecule has 1 aliphatic rings. The van der Waals surface area contributed by atoms with Gasteiger partial charge >= 0.3 is 0 Å². The maximum absolute atomic E-state index is 13.0. The van der Waals surface area contributed by atoms with E-state index in [-0.39, 0.29) is 5.82 Å². The second kappa shape index (κ2) is 7.04. The van der Waals surface area contributed by atoms with Crippen molar-refractivity contribution in [3.8, 4) is 0 Å². The van der Waals surface area contributed by atoms with Crippen LogP contribution in [0.15, 0.2) is 24.3 Å². The highest BCUT2D eigenvalue weighted by Crippen LogP contribution is 2.31. The SMILES string of the molecule is CCCNC1CCC(C)CC1Cc1ccc(F)cc1. The van der Waals surface area contributed by atoms with Gasteiger partial charge in [0.25, 0.3) is 0 Å². The highest BCUT2D eigenvalue weighted by atomic mass is 19.1. The van der Waals surface area contributed by atoms with Gasteiger partial charge in [0.2, 0.25) is 0 Å². The van der Waals surface area contributed by atoms with Gasteiger partial charge in [0, 0.05) is 6.04 Å². The van der Waals surface area contributed by atoms with Gasteiger partial charge in [0.05, 0.1) is 0 Å². The molecule has 1 fully saturated rings. The molecule has 1 aliphatic carbocycles. The van der Waals surface area contributed by atoms with Gasteiger partial charge in [0.1, 0.15) is 5.82 Å². The minimum Gasteiger partial charge on any atom is -0.314 e. The molecule has 106 valence electrons. The zero-order valence-corrected chi connectivity index (χ0v) is 12.2. The maximum atomic E-state index is 13.0. The molecule has 1 N–H and O–H groups in total. The molecule has 1 nitrogen and oxygen atoms in total. The smallest absolute Gasteiger partial charge is 0.123 e. The standard InChI is InChI=1S/C17H26FN/c1-3-10-19-17-9-4-13(2)11-15(17)12-14-5-7-16(18)8-6-14/h5-8,13,15,17,19H,3-4,9-12H2,1-2H3. The third-order valence-corrected chi connectivity index (χ3v) is 4.31. The number of halogens is 1. The summed E-state index contributed by atoms with van der Waals surface area (Å²) in [4.78, 5) is 0. The highest BCUT2D eigenvalue weighted by Gasteiger charge is 2.28. The fraction of sp³-hybridized carbons (Fsp3) is 0.647. The molecule has 0 heterocycles. The number of benzene rings is 1. The molecule has 0 spiro atoms.